The Balaban J connectivity index is 2.33. The third-order valence-electron chi connectivity index (χ3n) is 2.33. The van der Waals surface area contributed by atoms with Crippen molar-refractivity contribution >= 4 is 45.0 Å². The van der Waals surface area contributed by atoms with Crippen LogP contribution in [0, 0.1) is 5.82 Å². The van der Waals surface area contributed by atoms with Crippen LogP contribution in [-0.2, 0) is 4.79 Å². The van der Waals surface area contributed by atoms with Crippen molar-refractivity contribution in [1.29, 1.82) is 0 Å². The molecule has 0 unspecified atom stereocenters. The molecule has 0 bridgehead atoms. The topological polar surface area (TPSA) is 17.1 Å². The number of carbonyl (C=O) groups excluding carboxylic acids is 1. The summed E-state index contributed by atoms with van der Waals surface area (Å²) >= 11 is 4.60. The van der Waals surface area contributed by atoms with Crippen LogP contribution >= 0.6 is 11.6 Å². The molecule has 0 spiro atoms. The molecule has 19 heavy (non-hydrogen) atoms. The van der Waals surface area contributed by atoms with E-state index in [0.717, 1.165) is 12.8 Å². The first-order valence-corrected chi connectivity index (χ1v) is 8.26. The number of hydrogen-bond acceptors (Lipinski definition) is 1. The molecule has 2 aromatic carbocycles. The molecule has 1 nitrogen and oxygen atoms in total. The summed E-state index contributed by atoms with van der Waals surface area (Å²) in [5, 5.41) is -0.500. The van der Waals surface area contributed by atoms with E-state index in [4.69, 9.17) is 11.6 Å². The summed E-state index contributed by atoms with van der Waals surface area (Å²) < 4.78 is 15.0. The maximum atomic E-state index is 13.2. The first kappa shape index (κ1) is 14.3. The van der Waals surface area contributed by atoms with E-state index in [2.05, 4.69) is 0 Å². The average molecular weight is 388 g/mol. The van der Waals surface area contributed by atoms with Gasteiger partial charge in [0.05, 0.1) is 0 Å². The molecule has 0 N–H and O–H groups in total. The van der Waals surface area contributed by atoms with E-state index in [0.29, 0.717) is 0 Å². The van der Waals surface area contributed by atoms with Gasteiger partial charge >= 0.3 is 126 Å². The predicted octanol–water partition coefficient (Wildman–Crippen LogP) is 2.96. The fourth-order valence-electron chi connectivity index (χ4n) is 1.53. The SMILES string of the molecule is O=C(Cl)/C=C(\[Te]c1cccc(F)c1)c1ccccc1. The fourth-order valence-corrected chi connectivity index (χ4v) is 4.68. The van der Waals surface area contributed by atoms with E-state index in [1.165, 1.54) is 18.2 Å². The predicted molar refractivity (Wildman–Crippen MR) is 77.1 cm³/mol. The van der Waals surface area contributed by atoms with Gasteiger partial charge in [-0.05, 0) is 0 Å². The third kappa shape index (κ3) is 4.47. The van der Waals surface area contributed by atoms with Gasteiger partial charge in [-0.3, -0.25) is 0 Å². The van der Waals surface area contributed by atoms with Crippen LogP contribution in [0.5, 0.6) is 0 Å². The summed E-state index contributed by atoms with van der Waals surface area (Å²) in [7, 11) is 0. The van der Waals surface area contributed by atoms with Gasteiger partial charge in [-0.2, -0.15) is 0 Å². The first-order chi connectivity index (χ1) is 9.15. The van der Waals surface area contributed by atoms with Gasteiger partial charge in [-0.15, -0.1) is 0 Å². The maximum absolute atomic E-state index is 13.2. The molecule has 0 fully saturated rings. The van der Waals surface area contributed by atoms with Gasteiger partial charge in [0.25, 0.3) is 0 Å². The number of benzene rings is 2. The normalized spacial score (nSPS) is 11.4. The molecule has 0 amide bonds. The van der Waals surface area contributed by atoms with Crippen LogP contribution in [0.2, 0.25) is 0 Å². The van der Waals surface area contributed by atoms with E-state index < -0.39 is 26.2 Å². The number of hydrogen-bond donors (Lipinski definition) is 0. The van der Waals surface area contributed by atoms with Crippen molar-refractivity contribution in [2.45, 2.75) is 0 Å². The van der Waals surface area contributed by atoms with Gasteiger partial charge in [-0.1, -0.05) is 0 Å². The minimum atomic E-state index is -0.854. The zero-order chi connectivity index (χ0) is 13.7. The summed E-state index contributed by atoms with van der Waals surface area (Å²) in [6.07, 6.45) is 1.43. The van der Waals surface area contributed by atoms with Crippen molar-refractivity contribution in [3.8, 4) is 0 Å². The number of halogens is 2. The van der Waals surface area contributed by atoms with Gasteiger partial charge in [-0.25, -0.2) is 0 Å². The molecular weight excluding hydrogens is 378 g/mol. The molecule has 2 rings (SSSR count). The van der Waals surface area contributed by atoms with Crippen molar-refractivity contribution < 1.29 is 9.18 Å². The molecule has 2 aromatic rings. The van der Waals surface area contributed by atoms with E-state index >= 15 is 0 Å². The van der Waals surface area contributed by atoms with Crippen LogP contribution in [0.3, 0.4) is 0 Å². The molecule has 0 aliphatic heterocycles. The molecule has 0 aromatic heterocycles. The van der Waals surface area contributed by atoms with Crippen molar-refractivity contribution in [2.24, 2.45) is 0 Å². The van der Waals surface area contributed by atoms with Gasteiger partial charge in [0.15, 0.2) is 0 Å². The first-order valence-electron chi connectivity index (χ1n) is 5.55. The van der Waals surface area contributed by atoms with Crippen LogP contribution in [0.1, 0.15) is 5.56 Å². The summed E-state index contributed by atoms with van der Waals surface area (Å²) in [4.78, 5) is 11.1. The third-order valence-corrected chi connectivity index (χ3v) is 5.47. The van der Waals surface area contributed by atoms with E-state index in [1.807, 2.05) is 36.4 Å². The summed E-state index contributed by atoms with van der Waals surface area (Å²) in [5.41, 5.74) is 0.961. The monoisotopic (exact) mass is 390 g/mol. The van der Waals surface area contributed by atoms with Gasteiger partial charge < -0.3 is 0 Å². The Morgan fingerprint density at radius 1 is 1.11 bits per heavy atom. The number of carbonyl (C=O) groups is 1. The quantitative estimate of drug-likeness (QED) is 0.447. The molecule has 0 saturated heterocycles. The Hall–Kier alpha value is -1.14. The Bertz CT molecular complexity index is 611. The fraction of sp³-hybridized carbons (Fsp3) is 0. The van der Waals surface area contributed by atoms with Crippen LogP contribution in [0.4, 0.5) is 4.39 Å². The second-order valence-electron chi connectivity index (χ2n) is 3.74. The summed E-state index contributed by atoms with van der Waals surface area (Å²) in [6.45, 7) is 0. The van der Waals surface area contributed by atoms with Crippen molar-refractivity contribution in [2.75, 3.05) is 0 Å². The Morgan fingerprint density at radius 3 is 2.47 bits per heavy atom. The van der Waals surface area contributed by atoms with Gasteiger partial charge in [0, 0.05) is 0 Å². The zero-order valence-corrected chi connectivity index (χ0v) is 12.9. The molecule has 0 atom stereocenters. The van der Waals surface area contributed by atoms with E-state index in [9.17, 15) is 9.18 Å². The minimum absolute atomic E-state index is 0.257. The van der Waals surface area contributed by atoms with Crippen molar-refractivity contribution in [1.82, 2.24) is 0 Å². The van der Waals surface area contributed by atoms with Crippen LogP contribution in [0.15, 0.2) is 60.7 Å². The van der Waals surface area contributed by atoms with Crippen LogP contribution in [0.25, 0.3) is 3.62 Å². The molecule has 0 aliphatic carbocycles. The molecule has 0 aliphatic rings. The van der Waals surface area contributed by atoms with Crippen molar-refractivity contribution in [3.63, 3.8) is 0 Å². The molecular formula is C15H10ClFOTe. The second kappa shape index (κ2) is 6.86. The average Bonchev–Trinajstić information content (AvgIpc) is 2.38. The molecule has 0 heterocycles. The van der Waals surface area contributed by atoms with Crippen LogP contribution < -0.4 is 3.61 Å². The number of rotatable bonds is 4. The summed E-state index contributed by atoms with van der Waals surface area (Å²) in [5.74, 6) is -0.257. The zero-order valence-electron chi connectivity index (χ0n) is 9.85. The molecule has 0 saturated carbocycles. The van der Waals surface area contributed by atoms with Gasteiger partial charge in [0.1, 0.15) is 0 Å². The summed E-state index contributed by atoms with van der Waals surface area (Å²) in [6, 6.07) is 16.0. The van der Waals surface area contributed by atoms with E-state index in [-0.39, 0.29) is 5.82 Å². The molecule has 0 radical (unpaired) electrons. The number of allylic oxidation sites excluding steroid dienone is 1. The van der Waals surface area contributed by atoms with Crippen molar-refractivity contribution in [3.05, 3.63) is 72.1 Å². The van der Waals surface area contributed by atoms with Crippen LogP contribution in [-0.4, -0.2) is 26.2 Å². The van der Waals surface area contributed by atoms with Gasteiger partial charge in [0.2, 0.25) is 0 Å². The Labute approximate surface area is 126 Å². The standard InChI is InChI=1S/C15H10ClFOTe/c16-15(18)10-14(11-5-2-1-3-6-11)19-13-8-4-7-12(17)9-13/h1-10H/b14-10-. The molecule has 96 valence electrons. The van der Waals surface area contributed by atoms with E-state index in [1.54, 1.807) is 6.07 Å². The molecule has 4 heteroatoms. The second-order valence-corrected chi connectivity index (χ2v) is 7.29. The Morgan fingerprint density at radius 2 is 1.84 bits per heavy atom. The Kier molecular flexibility index (Phi) is 5.15.